The Labute approximate surface area is 202 Å². The number of pyridine rings is 1. The first-order valence-electron chi connectivity index (χ1n) is 10.0. The van der Waals surface area contributed by atoms with E-state index in [9.17, 15) is 14.4 Å². The number of halogens is 2. The van der Waals surface area contributed by atoms with Gasteiger partial charge in [-0.2, -0.15) is 10.4 Å². The lowest BCUT2D eigenvalue weighted by Gasteiger charge is -2.19. The van der Waals surface area contributed by atoms with Gasteiger partial charge >= 0.3 is 6.09 Å². The maximum atomic E-state index is 15.0. The minimum Gasteiger partial charge on any atom is -0.497 e. The quantitative estimate of drug-likeness (QED) is 0.332. The number of benzene rings is 1. The van der Waals surface area contributed by atoms with E-state index in [0.29, 0.717) is 21.6 Å². The van der Waals surface area contributed by atoms with Gasteiger partial charge in [-0.25, -0.2) is 14.2 Å². The molecule has 0 radical (unpaired) electrons. The van der Waals surface area contributed by atoms with E-state index >= 15 is 0 Å². The number of aromatic nitrogens is 3. The van der Waals surface area contributed by atoms with Gasteiger partial charge in [-0.15, -0.1) is 0 Å². The molecule has 9 nitrogen and oxygen atoms in total. The Hall–Kier alpha value is -3.91. The summed E-state index contributed by atoms with van der Waals surface area (Å²) in [5.41, 5.74) is -0.0550. The van der Waals surface area contributed by atoms with E-state index in [2.05, 4.69) is 42.5 Å². The van der Waals surface area contributed by atoms with E-state index in [1.165, 1.54) is 19.2 Å². The van der Waals surface area contributed by atoms with Crippen molar-refractivity contribution in [2.24, 2.45) is 0 Å². The van der Waals surface area contributed by atoms with E-state index in [1.807, 2.05) is 0 Å². The number of carbonyl (C=O) groups is 1. The van der Waals surface area contributed by atoms with Gasteiger partial charge in [-0.1, -0.05) is 0 Å². The first-order valence-corrected chi connectivity index (χ1v) is 10.8. The third-order valence-corrected chi connectivity index (χ3v) is 5.12. The van der Waals surface area contributed by atoms with Gasteiger partial charge in [0.25, 0.3) is 0 Å². The molecule has 4 aromatic rings. The number of fused-ring (bicyclic) bond motifs is 1. The summed E-state index contributed by atoms with van der Waals surface area (Å²) < 4.78 is 31.5. The zero-order valence-electron chi connectivity index (χ0n) is 18.6. The van der Waals surface area contributed by atoms with Crippen LogP contribution in [0.4, 0.5) is 15.0 Å². The lowest BCUT2D eigenvalue weighted by molar-refractivity contribution is 0.0635. The van der Waals surface area contributed by atoms with Crippen LogP contribution in [0.1, 0.15) is 26.3 Å². The van der Waals surface area contributed by atoms with Crippen LogP contribution in [0.2, 0.25) is 0 Å². The van der Waals surface area contributed by atoms with Crippen molar-refractivity contribution >= 4 is 38.9 Å². The predicted octanol–water partition coefficient (Wildman–Crippen LogP) is 6.01. The molecule has 0 aliphatic carbocycles. The largest absolute Gasteiger partial charge is 0.497 e. The number of rotatable bonds is 4. The standard InChI is InChI=1S/C23H19BrFN5O4/c1-23(2,3)34-22(31)28-21-18-17(15-7-8-16(24)33-15)13(10-26)19(27-20(18)29-30-21)12-6-5-11(32-4)9-14(12)25/h5-9H,1-4H3,(H2,27,28,29,30,31). The number of H-pyrrole nitrogens is 1. The van der Waals surface area contributed by atoms with Crippen molar-refractivity contribution in [1.82, 2.24) is 15.2 Å². The normalized spacial score (nSPS) is 11.3. The fourth-order valence-electron chi connectivity index (χ4n) is 3.37. The molecule has 4 rings (SSSR count). The summed E-state index contributed by atoms with van der Waals surface area (Å²) in [5, 5.41) is 19.9. The number of nitrogens with one attached hydrogen (secondary N) is 2. The molecule has 3 heterocycles. The summed E-state index contributed by atoms with van der Waals surface area (Å²) in [6.07, 6.45) is -0.740. The second-order valence-corrected chi connectivity index (χ2v) is 8.98. The smallest absolute Gasteiger partial charge is 0.413 e. The van der Waals surface area contributed by atoms with Crippen LogP contribution in [0, 0.1) is 17.1 Å². The topological polar surface area (TPSA) is 126 Å². The number of hydrogen-bond acceptors (Lipinski definition) is 7. The molecular formula is C23H19BrFN5O4. The molecular weight excluding hydrogens is 509 g/mol. The van der Waals surface area contributed by atoms with Gasteiger partial charge in [0.05, 0.1) is 29.3 Å². The number of hydrogen-bond donors (Lipinski definition) is 2. The number of ether oxygens (including phenoxy) is 2. The lowest BCUT2D eigenvalue weighted by Crippen LogP contribution is -2.27. The molecule has 0 aliphatic heterocycles. The van der Waals surface area contributed by atoms with Crippen molar-refractivity contribution in [2.75, 3.05) is 12.4 Å². The number of anilines is 1. The molecule has 174 valence electrons. The molecule has 0 fully saturated rings. The number of nitriles is 1. The summed E-state index contributed by atoms with van der Waals surface area (Å²) in [5.74, 6) is 0.0689. The highest BCUT2D eigenvalue weighted by Gasteiger charge is 2.27. The van der Waals surface area contributed by atoms with Crippen LogP contribution in [-0.2, 0) is 4.74 Å². The van der Waals surface area contributed by atoms with Crippen LogP contribution < -0.4 is 10.1 Å². The molecule has 34 heavy (non-hydrogen) atoms. The maximum absolute atomic E-state index is 15.0. The lowest BCUT2D eigenvalue weighted by atomic mass is 9.97. The van der Waals surface area contributed by atoms with Crippen molar-refractivity contribution < 1.29 is 23.1 Å². The molecule has 0 atom stereocenters. The van der Waals surface area contributed by atoms with E-state index < -0.39 is 17.5 Å². The Morgan fingerprint density at radius 3 is 2.65 bits per heavy atom. The Bertz CT molecular complexity index is 1450. The summed E-state index contributed by atoms with van der Waals surface area (Å²) in [7, 11) is 1.43. The zero-order chi connectivity index (χ0) is 24.6. The molecule has 0 aliphatic rings. The van der Waals surface area contributed by atoms with Crippen molar-refractivity contribution in [2.45, 2.75) is 26.4 Å². The molecule has 0 unspecified atom stereocenters. The van der Waals surface area contributed by atoms with Gasteiger partial charge in [0.2, 0.25) is 0 Å². The SMILES string of the molecule is COc1ccc(-c2nc3[nH]nc(NC(=O)OC(C)(C)C)c3c(-c3ccc(Br)o3)c2C#N)c(F)c1. The highest BCUT2D eigenvalue weighted by molar-refractivity contribution is 9.10. The second-order valence-electron chi connectivity index (χ2n) is 8.19. The predicted molar refractivity (Wildman–Crippen MR) is 126 cm³/mol. The highest BCUT2D eigenvalue weighted by Crippen LogP contribution is 2.41. The van der Waals surface area contributed by atoms with Crippen LogP contribution in [-0.4, -0.2) is 34.0 Å². The van der Waals surface area contributed by atoms with Gasteiger partial charge in [-0.3, -0.25) is 10.4 Å². The summed E-state index contributed by atoms with van der Waals surface area (Å²) in [6.45, 7) is 5.18. The van der Waals surface area contributed by atoms with Gasteiger partial charge in [0, 0.05) is 11.6 Å². The Morgan fingerprint density at radius 2 is 2.06 bits per heavy atom. The number of aromatic amines is 1. The number of nitrogens with zero attached hydrogens (tertiary/aromatic N) is 3. The van der Waals surface area contributed by atoms with Crippen molar-refractivity contribution in [3.8, 4) is 34.4 Å². The highest BCUT2D eigenvalue weighted by atomic mass is 79.9. The van der Waals surface area contributed by atoms with E-state index in [1.54, 1.807) is 39.0 Å². The van der Waals surface area contributed by atoms with Crippen molar-refractivity contribution in [3.63, 3.8) is 0 Å². The van der Waals surface area contributed by atoms with Crippen LogP contribution in [0.3, 0.4) is 0 Å². The van der Waals surface area contributed by atoms with Crippen molar-refractivity contribution in [3.05, 3.63) is 46.4 Å². The second kappa shape index (κ2) is 8.79. The van der Waals surface area contributed by atoms with E-state index in [4.69, 9.17) is 13.9 Å². The number of amides is 1. The Balaban J connectivity index is 1.98. The molecule has 1 aromatic carbocycles. The van der Waals surface area contributed by atoms with Gasteiger partial charge < -0.3 is 13.9 Å². The molecule has 0 saturated heterocycles. The van der Waals surface area contributed by atoms with Crippen LogP contribution in [0.15, 0.2) is 39.4 Å². The minimum atomic E-state index is -0.740. The fraction of sp³-hybridized carbons (Fsp3) is 0.217. The van der Waals surface area contributed by atoms with E-state index in [-0.39, 0.29) is 33.8 Å². The summed E-state index contributed by atoms with van der Waals surface area (Å²) in [6, 6.07) is 9.64. The molecule has 1 amide bonds. The fourth-order valence-corrected chi connectivity index (χ4v) is 3.67. The molecule has 3 aromatic heterocycles. The molecule has 0 bridgehead atoms. The number of methoxy groups -OCH3 is 1. The molecule has 0 spiro atoms. The maximum Gasteiger partial charge on any atom is 0.413 e. The van der Waals surface area contributed by atoms with Crippen LogP contribution >= 0.6 is 15.9 Å². The first-order chi connectivity index (χ1) is 16.1. The van der Waals surface area contributed by atoms with Crippen LogP contribution in [0.5, 0.6) is 5.75 Å². The zero-order valence-corrected chi connectivity index (χ0v) is 20.2. The van der Waals surface area contributed by atoms with Gasteiger partial charge in [0.15, 0.2) is 16.1 Å². The Kier molecular flexibility index (Phi) is 6.01. The first kappa shape index (κ1) is 23.3. The average molecular weight is 528 g/mol. The third kappa shape index (κ3) is 4.45. The number of carbonyl (C=O) groups excluding carboxylic acids is 1. The summed E-state index contributed by atoms with van der Waals surface area (Å²) >= 11 is 3.26. The monoisotopic (exact) mass is 527 g/mol. The molecule has 2 N–H and O–H groups in total. The average Bonchev–Trinajstić information content (AvgIpc) is 3.37. The third-order valence-electron chi connectivity index (χ3n) is 4.69. The van der Waals surface area contributed by atoms with Gasteiger partial charge in [0.1, 0.15) is 29.0 Å². The molecule has 11 heteroatoms. The Morgan fingerprint density at radius 1 is 1.29 bits per heavy atom. The number of furan rings is 1. The summed E-state index contributed by atoms with van der Waals surface area (Å²) in [4.78, 5) is 16.9. The van der Waals surface area contributed by atoms with E-state index in [0.717, 1.165) is 0 Å². The van der Waals surface area contributed by atoms with Gasteiger partial charge in [-0.05, 0) is 61.0 Å². The van der Waals surface area contributed by atoms with Crippen LogP contribution in [0.25, 0.3) is 33.6 Å². The minimum absolute atomic E-state index is 0.0343. The molecule has 0 saturated carbocycles. The van der Waals surface area contributed by atoms with Crippen molar-refractivity contribution in [1.29, 1.82) is 5.26 Å².